The fraction of sp³-hybridized carbons (Fsp3) is 0.0833. The summed E-state index contributed by atoms with van der Waals surface area (Å²) in [6.07, 6.45) is 0. The van der Waals surface area contributed by atoms with Gasteiger partial charge in [-0.3, -0.25) is 0 Å². The Morgan fingerprint density at radius 2 is 2.06 bits per heavy atom. The zero-order valence-corrected chi connectivity index (χ0v) is 9.41. The Labute approximate surface area is 96.6 Å². The molecule has 0 atom stereocenters. The van der Waals surface area contributed by atoms with E-state index in [1.807, 2.05) is 18.4 Å². The number of carbonyl (C=O) groups is 1. The average Bonchev–Trinajstić information content (AvgIpc) is 2.65. The second-order valence-electron chi connectivity index (χ2n) is 3.43. The first-order valence-corrected chi connectivity index (χ1v) is 5.58. The van der Waals surface area contributed by atoms with E-state index in [9.17, 15) is 9.90 Å². The van der Waals surface area contributed by atoms with Crippen molar-refractivity contribution in [1.82, 2.24) is 0 Å². The molecule has 4 heteroatoms. The van der Waals surface area contributed by atoms with Gasteiger partial charge in [-0.15, -0.1) is 11.3 Å². The Kier molecular flexibility index (Phi) is 2.66. The van der Waals surface area contributed by atoms with Crippen molar-refractivity contribution in [3.05, 3.63) is 40.1 Å². The Balaban J connectivity index is 2.56. The molecule has 0 fully saturated rings. The van der Waals surface area contributed by atoms with Crippen LogP contribution in [0.3, 0.4) is 0 Å². The van der Waals surface area contributed by atoms with Crippen molar-refractivity contribution in [3.8, 4) is 16.9 Å². The molecule has 0 aliphatic rings. The first-order chi connectivity index (χ1) is 7.59. The number of rotatable bonds is 2. The Hall–Kier alpha value is -1.81. The largest absolute Gasteiger partial charge is 0.507 e. The van der Waals surface area contributed by atoms with Gasteiger partial charge in [0.25, 0.3) is 0 Å². The van der Waals surface area contributed by atoms with Crippen molar-refractivity contribution in [2.75, 3.05) is 0 Å². The van der Waals surface area contributed by atoms with Crippen molar-refractivity contribution in [2.24, 2.45) is 0 Å². The second-order valence-corrected chi connectivity index (χ2v) is 4.55. The fourth-order valence-corrected chi connectivity index (χ4v) is 2.28. The van der Waals surface area contributed by atoms with Crippen molar-refractivity contribution in [2.45, 2.75) is 6.92 Å². The maximum Gasteiger partial charge on any atom is 0.339 e. The molecule has 0 aliphatic carbocycles. The van der Waals surface area contributed by atoms with E-state index in [1.54, 1.807) is 17.4 Å². The topological polar surface area (TPSA) is 57.5 Å². The van der Waals surface area contributed by atoms with E-state index in [4.69, 9.17) is 5.11 Å². The molecule has 1 aromatic carbocycles. The van der Waals surface area contributed by atoms with E-state index in [0.717, 1.165) is 16.0 Å². The molecule has 0 bridgehead atoms. The molecule has 1 heterocycles. The highest BCUT2D eigenvalue weighted by molar-refractivity contribution is 7.10. The summed E-state index contributed by atoms with van der Waals surface area (Å²) in [5.41, 5.74) is 1.75. The molecular weight excluding hydrogens is 224 g/mol. The van der Waals surface area contributed by atoms with E-state index in [0.29, 0.717) is 0 Å². The van der Waals surface area contributed by atoms with Gasteiger partial charge in [-0.2, -0.15) is 0 Å². The van der Waals surface area contributed by atoms with Crippen LogP contribution in [-0.2, 0) is 0 Å². The summed E-state index contributed by atoms with van der Waals surface area (Å²) < 4.78 is 0. The summed E-state index contributed by atoms with van der Waals surface area (Å²) in [7, 11) is 0. The summed E-state index contributed by atoms with van der Waals surface area (Å²) in [6.45, 7) is 1.98. The number of aromatic hydroxyl groups is 1. The van der Waals surface area contributed by atoms with Gasteiger partial charge < -0.3 is 10.2 Å². The molecule has 0 saturated heterocycles. The van der Waals surface area contributed by atoms with Crippen LogP contribution in [0.25, 0.3) is 11.1 Å². The normalized spacial score (nSPS) is 10.3. The Morgan fingerprint density at radius 1 is 1.31 bits per heavy atom. The van der Waals surface area contributed by atoms with Crippen LogP contribution in [-0.4, -0.2) is 16.2 Å². The third kappa shape index (κ3) is 1.79. The molecule has 0 saturated carbocycles. The highest BCUT2D eigenvalue weighted by atomic mass is 32.1. The van der Waals surface area contributed by atoms with Crippen LogP contribution < -0.4 is 0 Å². The second kappa shape index (κ2) is 3.98. The number of carboxylic acid groups (broad SMARTS) is 1. The molecule has 3 nitrogen and oxygen atoms in total. The molecule has 0 unspecified atom stereocenters. The minimum absolute atomic E-state index is 0.0666. The van der Waals surface area contributed by atoms with Gasteiger partial charge in [-0.05, 0) is 41.6 Å². The summed E-state index contributed by atoms with van der Waals surface area (Å²) in [5, 5.41) is 20.2. The third-order valence-electron chi connectivity index (χ3n) is 2.40. The lowest BCUT2D eigenvalue weighted by molar-refractivity contribution is 0.0694. The molecule has 2 rings (SSSR count). The lowest BCUT2D eigenvalue weighted by Gasteiger charge is -2.04. The van der Waals surface area contributed by atoms with Crippen molar-refractivity contribution >= 4 is 17.3 Å². The number of benzene rings is 1. The lowest BCUT2D eigenvalue weighted by atomic mass is 10.0. The average molecular weight is 234 g/mol. The van der Waals surface area contributed by atoms with Crippen molar-refractivity contribution in [3.63, 3.8) is 0 Å². The molecule has 0 amide bonds. The molecule has 2 N–H and O–H groups in total. The maximum atomic E-state index is 10.9. The summed E-state index contributed by atoms with van der Waals surface area (Å²) in [4.78, 5) is 12.0. The van der Waals surface area contributed by atoms with Crippen LogP contribution in [0.15, 0.2) is 29.6 Å². The molecule has 0 radical (unpaired) electrons. The van der Waals surface area contributed by atoms with Crippen LogP contribution in [0.4, 0.5) is 0 Å². The summed E-state index contributed by atoms with van der Waals surface area (Å²) in [5.74, 6) is -1.32. The van der Waals surface area contributed by atoms with Crippen LogP contribution in [0.2, 0.25) is 0 Å². The SMILES string of the molecule is Cc1sccc1-c1ccc(O)c(C(=O)O)c1. The number of hydrogen-bond donors (Lipinski definition) is 2. The highest BCUT2D eigenvalue weighted by Gasteiger charge is 2.12. The molecular formula is C12H10O3S. The lowest BCUT2D eigenvalue weighted by Crippen LogP contribution is -1.96. The predicted octanol–water partition coefficient (Wildman–Crippen LogP) is 3.13. The standard InChI is InChI=1S/C12H10O3S/c1-7-9(4-5-16-7)8-2-3-11(13)10(6-8)12(14)15/h2-6,13H,1H3,(H,14,15). The van der Waals surface area contributed by atoms with Gasteiger partial charge in [0.15, 0.2) is 0 Å². The molecule has 2 aromatic rings. The fourth-order valence-electron chi connectivity index (χ4n) is 1.56. The molecule has 0 spiro atoms. The van der Waals surface area contributed by atoms with E-state index in [2.05, 4.69) is 0 Å². The zero-order chi connectivity index (χ0) is 11.7. The van der Waals surface area contributed by atoms with Gasteiger partial charge in [-0.25, -0.2) is 4.79 Å². The van der Waals surface area contributed by atoms with Crippen LogP contribution in [0.1, 0.15) is 15.2 Å². The van der Waals surface area contributed by atoms with Gasteiger partial charge in [-0.1, -0.05) is 6.07 Å². The smallest absolute Gasteiger partial charge is 0.339 e. The van der Waals surface area contributed by atoms with E-state index < -0.39 is 5.97 Å². The van der Waals surface area contributed by atoms with Crippen molar-refractivity contribution < 1.29 is 15.0 Å². The molecule has 82 valence electrons. The van der Waals surface area contributed by atoms with Gasteiger partial charge in [0.05, 0.1) is 0 Å². The van der Waals surface area contributed by atoms with Crippen LogP contribution >= 0.6 is 11.3 Å². The zero-order valence-electron chi connectivity index (χ0n) is 8.60. The van der Waals surface area contributed by atoms with E-state index in [1.165, 1.54) is 12.1 Å². The van der Waals surface area contributed by atoms with Gasteiger partial charge in [0, 0.05) is 4.88 Å². The first-order valence-electron chi connectivity index (χ1n) is 4.70. The van der Waals surface area contributed by atoms with Crippen LogP contribution in [0, 0.1) is 6.92 Å². The van der Waals surface area contributed by atoms with Crippen LogP contribution in [0.5, 0.6) is 5.75 Å². The number of aryl methyl sites for hydroxylation is 1. The molecule has 0 aliphatic heterocycles. The minimum atomic E-state index is -1.12. The predicted molar refractivity (Wildman–Crippen MR) is 63.1 cm³/mol. The molecule has 16 heavy (non-hydrogen) atoms. The maximum absolute atomic E-state index is 10.9. The Morgan fingerprint density at radius 3 is 2.62 bits per heavy atom. The van der Waals surface area contributed by atoms with Gasteiger partial charge in [0.1, 0.15) is 11.3 Å². The third-order valence-corrected chi connectivity index (χ3v) is 3.24. The number of aromatic carboxylic acids is 1. The van der Waals surface area contributed by atoms with Crippen molar-refractivity contribution in [1.29, 1.82) is 0 Å². The van der Waals surface area contributed by atoms with E-state index >= 15 is 0 Å². The number of carboxylic acids is 1. The first kappa shape index (κ1) is 10.7. The number of thiophene rings is 1. The summed E-state index contributed by atoms with van der Waals surface area (Å²) >= 11 is 1.61. The highest BCUT2D eigenvalue weighted by Crippen LogP contribution is 2.30. The van der Waals surface area contributed by atoms with Gasteiger partial charge >= 0.3 is 5.97 Å². The van der Waals surface area contributed by atoms with E-state index in [-0.39, 0.29) is 11.3 Å². The summed E-state index contributed by atoms with van der Waals surface area (Å²) in [6, 6.07) is 6.57. The Bertz CT molecular complexity index is 543. The minimum Gasteiger partial charge on any atom is -0.507 e. The number of phenols is 1. The van der Waals surface area contributed by atoms with Gasteiger partial charge in [0.2, 0.25) is 0 Å². The molecule has 1 aromatic heterocycles. The number of hydrogen-bond acceptors (Lipinski definition) is 3. The quantitative estimate of drug-likeness (QED) is 0.839. The monoisotopic (exact) mass is 234 g/mol.